The number of pyridine rings is 1. The van der Waals surface area contributed by atoms with E-state index in [1.807, 2.05) is 18.3 Å². The van der Waals surface area contributed by atoms with Crippen molar-refractivity contribution in [3.8, 4) is 5.69 Å². The first-order valence-corrected chi connectivity index (χ1v) is 12.7. The van der Waals surface area contributed by atoms with Crippen LogP contribution in [0.5, 0.6) is 0 Å². The molecule has 4 nitrogen and oxygen atoms in total. The highest BCUT2D eigenvalue weighted by Gasteiger charge is 2.42. The zero-order valence-corrected chi connectivity index (χ0v) is 21.5. The van der Waals surface area contributed by atoms with Crippen LogP contribution in [0.15, 0.2) is 97.2 Å². The zero-order chi connectivity index (χ0) is 24.8. The van der Waals surface area contributed by atoms with Crippen molar-refractivity contribution < 1.29 is 0 Å². The summed E-state index contributed by atoms with van der Waals surface area (Å²) in [5.74, 6) is 0. The summed E-state index contributed by atoms with van der Waals surface area (Å²) in [6.45, 7) is 6.51. The molecule has 0 amide bonds. The van der Waals surface area contributed by atoms with Gasteiger partial charge in [0.2, 0.25) is 0 Å². The van der Waals surface area contributed by atoms with Gasteiger partial charge in [0.25, 0.3) is 0 Å². The van der Waals surface area contributed by atoms with E-state index in [2.05, 4.69) is 114 Å². The third kappa shape index (κ3) is 3.67. The van der Waals surface area contributed by atoms with Crippen LogP contribution in [0.2, 0.25) is 0 Å². The van der Waals surface area contributed by atoms with Crippen LogP contribution >= 0.6 is 12.2 Å². The molecule has 0 saturated carbocycles. The number of thiocarbonyl (C=S) groups is 1. The van der Waals surface area contributed by atoms with Crippen LogP contribution in [-0.2, 0) is 0 Å². The Balaban J connectivity index is 1.55. The Morgan fingerprint density at radius 1 is 0.833 bits per heavy atom. The van der Waals surface area contributed by atoms with Crippen molar-refractivity contribution >= 4 is 33.8 Å². The van der Waals surface area contributed by atoms with E-state index >= 15 is 0 Å². The molecular formula is C31H28N4S. The third-order valence-corrected chi connectivity index (χ3v) is 7.52. The first-order chi connectivity index (χ1) is 17.5. The first kappa shape index (κ1) is 22.5. The summed E-state index contributed by atoms with van der Waals surface area (Å²) in [6, 6.07) is 32.0. The Hall–Kier alpha value is -3.96. The molecule has 1 N–H and O–H groups in total. The average molecular weight is 489 g/mol. The van der Waals surface area contributed by atoms with Crippen LogP contribution in [0.3, 0.4) is 0 Å². The highest BCUT2D eigenvalue weighted by Crippen LogP contribution is 2.44. The van der Waals surface area contributed by atoms with Gasteiger partial charge in [-0.05, 0) is 80.3 Å². The summed E-state index contributed by atoms with van der Waals surface area (Å²) in [5, 5.41) is 6.79. The second-order valence-corrected chi connectivity index (χ2v) is 9.88. The molecule has 0 aliphatic carbocycles. The number of fused-ring (bicyclic) bond motifs is 1. The van der Waals surface area contributed by atoms with Crippen LogP contribution in [0, 0.1) is 20.8 Å². The molecule has 6 rings (SSSR count). The molecule has 1 aliphatic rings. The maximum absolute atomic E-state index is 5.93. The molecular weight excluding hydrogens is 460 g/mol. The number of hydrogen-bond donors (Lipinski definition) is 1. The topological polar surface area (TPSA) is 33.1 Å². The molecule has 2 aromatic heterocycles. The second kappa shape index (κ2) is 8.92. The van der Waals surface area contributed by atoms with Gasteiger partial charge in [0.1, 0.15) is 0 Å². The van der Waals surface area contributed by atoms with E-state index in [4.69, 9.17) is 17.2 Å². The number of hydrogen-bond acceptors (Lipinski definition) is 2. The van der Waals surface area contributed by atoms with E-state index in [0.717, 1.165) is 16.5 Å². The van der Waals surface area contributed by atoms with E-state index < -0.39 is 0 Å². The normalized spacial score (nSPS) is 17.5. The van der Waals surface area contributed by atoms with Gasteiger partial charge in [-0.15, -0.1) is 0 Å². The van der Waals surface area contributed by atoms with Crippen molar-refractivity contribution in [3.63, 3.8) is 0 Å². The minimum Gasteiger partial charge on any atom is -0.351 e. The van der Waals surface area contributed by atoms with Crippen LogP contribution in [0.1, 0.15) is 40.3 Å². The van der Waals surface area contributed by atoms with Crippen molar-refractivity contribution in [3.05, 3.63) is 125 Å². The number of nitrogens with one attached hydrogen (secondary N) is 1. The van der Waals surface area contributed by atoms with Gasteiger partial charge in [0, 0.05) is 28.7 Å². The first-order valence-electron chi connectivity index (χ1n) is 12.3. The molecule has 2 atom stereocenters. The number of rotatable bonds is 4. The Labute approximate surface area is 217 Å². The van der Waals surface area contributed by atoms with Gasteiger partial charge in [-0.25, -0.2) is 0 Å². The van der Waals surface area contributed by atoms with Gasteiger partial charge < -0.3 is 14.8 Å². The van der Waals surface area contributed by atoms with Crippen molar-refractivity contribution in [2.75, 3.05) is 4.90 Å². The Morgan fingerprint density at radius 3 is 2.36 bits per heavy atom. The molecule has 0 unspecified atom stereocenters. The van der Waals surface area contributed by atoms with E-state index in [1.165, 1.54) is 39.0 Å². The fraction of sp³-hybridized carbons (Fsp3) is 0.161. The van der Waals surface area contributed by atoms with Crippen molar-refractivity contribution in [1.82, 2.24) is 14.9 Å². The largest absolute Gasteiger partial charge is 0.351 e. The molecule has 5 heteroatoms. The Kier molecular flexibility index (Phi) is 5.57. The molecule has 1 fully saturated rings. The standard InChI is InChI=1S/C31H28N4S/c1-20-14-16-24(17-15-20)35-30(29(33-31(35)36)27-12-6-7-18-32-27)26-19-21(2)34(22(26)3)28-13-8-10-23-9-4-5-11-25(23)28/h4-19,29-30H,1-3H3,(H,33,36)/t29-,30-/m0/s1. The molecule has 3 aromatic carbocycles. The Morgan fingerprint density at radius 2 is 1.58 bits per heavy atom. The van der Waals surface area contributed by atoms with Crippen LogP contribution < -0.4 is 10.2 Å². The molecule has 178 valence electrons. The molecule has 0 bridgehead atoms. The summed E-state index contributed by atoms with van der Waals surface area (Å²) >= 11 is 5.93. The van der Waals surface area contributed by atoms with Crippen LogP contribution in [-0.4, -0.2) is 14.7 Å². The summed E-state index contributed by atoms with van der Waals surface area (Å²) in [6.07, 6.45) is 1.85. The van der Waals surface area contributed by atoms with Gasteiger partial charge in [0.15, 0.2) is 5.11 Å². The number of anilines is 1. The zero-order valence-electron chi connectivity index (χ0n) is 20.6. The second-order valence-electron chi connectivity index (χ2n) is 9.49. The quantitative estimate of drug-likeness (QED) is 0.273. The van der Waals surface area contributed by atoms with E-state index in [0.29, 0.717) is 0 Å². The van der Waals surface area contributed by atoms with Crippen molar-refractivity contribution in [2.24, 2.45) is 0 Å². The number of benzene rings is 3. The fourth-order valence-electron chi connectivity index (χ4n) is 5.52. The highest BCUT2D eigenvalue weighted by atomic mass is 32.1. The minimum atomic E-state index is -0.0681. The highest BCUT2D eigenvalue weighted by molar-refractivity contribution is 7.80. The molecule has 36 heavy (non-hydrogen) atoms. The molecule has 1 saturated heterocycles. The summed E-state index contributed by atoms with van der Waals surface area (Å²) in [7, 11) is 0. The van der Waals surface area contributed by atoms with Gasteiger partial charge in [-0.3, -0.25) is 4.98 Å². The lowest BCUT2D eigenvalue weighted by Crippen LogP contribution is -2.29. The number of nitrogens with zero attached hydrogens (tertiary/aromatic N) is 3. The molecule has 0 radical (unpaired) electrons. The van der Waals surface area contributed by atoms with E-state index in [1.54, 1.807) is 0 Å². The van der Waals surface area contributed by atoms with Gasteiger partial charge in [-0.2, -0.15) is 0 Å². The van der Waals surface area contributed by atoms with Gasteiger partial charge >= 0.3 is 0 Å². The number of aromatic nitrogens is 2. The van der Waals surface area contributed by atoms with Gasteiger partial charge in [0.05, 0.1) is 23.5 Å². The minimum absolute atomic E-state index is 0.0370. The lowest BCUT2D eigenvalue weighted by atomic mass is 9.96. The van der Waals surface area contributed by atoms with E-state index in [-0.39, 0.29) is 12.1 Å². The van der Waals surface area contributed by atoms with Gasteiger partial charge in [-0.1, -0.05) is 60.2 Å². The molecule has 1 aliphatic heterocycles. The number of aryl methyl sites for hydroxylation is 2. The van der Waals surface area contributed by atoms with Crippen molar-refractivity contribution in [1.29, 1.82) is 0 Å². The smallest absolute Gasteiger partial charge is 0.174 e. The van der Waals surface area contributed by atoms with Crippen LogP contribution in [0.4, 0.5) is 5.69 Å². The molecule has 3 heterocycles. The predicted molar refractivity (Wildman–Crippen MR) is 152 cm³/mol. The molecule has 5 aromatic rings. The average Bonchev–Trinajstić information content (AvgIpc) is 3.39. The van der Waals surface area contributed by atoms with E-state index in [9.17, 15) is 0 Å². The predicted octanol–water partition coefficient (Wildman–Crippen LogP) is 7.13. The maximum atomic E-state index is 5.93. The summed E-state index contributed by atoms with van der Waals surface area (Å²) < 4.78 is 2.38. The third-order valence-electron chi connectivity index (χ3n) is 7.21. The SMILES string of the molecule is Cc1ccc(N2C(=S)N[C@@H](c3ccccn3)[C@@H]2c2cc(C)n(-c3cccc4ccccc34)c2C)cc1. The van der Waals surface area contributed by atoms with Crippen molar-refractivity contribution in [2.45, 2.75) is 32.9 Å². The lowest BCUT2D eigenvalue weighted by molar-refractivity contribution is 0.565. The maximum Gasteiger partial charge on any atom is 0.174 e. The monoisotopic (exact) mass is 488 g/mol. The Bertz CT molecular complexity index is 1560. The summed E-state index contributed by atoms with van der Waals surface area (Å²) in [5.41, 5.74) is 8.12. The lowest BCUT2D eigenvalue weighted by Gasteiger charge is -2.28. The van der Waals surface area contributed by atoms with Crippen LogP contribution in [0.25, 0.3) is 16.5 Å². The summed E-state index contributed by atoms with van der Waals surface area (Å²) in [4.78, 5) is 6.97. The fourth-order valence-corrected chi connectivity index (χ4v) is 5.86. The molecule has 0 spiro atoms.